The van der Waals surface area contributed by atoms with E-state index in [0.29, 0.717) is 13.0 Å². The van der Waals surface area contributed by atoms with Crippen LogP contribution in [-0.2, 0) is 9.53 Å². The fraction of sp³-hybridized carbons (Fsp3) is 0.400. The fourth-order valence-corrected chi connectivity index (χ4v) is 1.72. The first kappa shape index (κ1) is 9.15. The van der Waals surface area contributed by atoms with Crippen molar-refractivity contribution in [1.82, 2.24) is 4.98 Å². The zero-order valence-corrected chi connectivity index (χ0v) is 7.59. The molecular weight excluding hydrogens is 182 g/mol. The van der Waals surface area contributed by atoms with Crippen LogP contribution in [0.15, 0.2) is 24.5 Å². The predicted octanol–water partition coefficient (Wildman–Crippen LogP) is 1.24. The summed E-state index contributed by atoms with van der Waals surface area (Å²) in [6.07, 6.45) is 3.57. The third-order valence-electron chi connectivity index (χ3n) is 2.44. The second kappa shape index (κ2) is 3.75. The molecule has 0 amide bonds. The molecule has 1 fully saturated rings. The third kappa shape index (κ3) is 1.61. The van der Waals surface area contributed by atoms with E-state index in [1.807, 2.05) is 0 Å². The molecule has 0 radical (unpaired) electrons. The summed E-state index contributed by atoms with van der Waals surface area (Å²) < 4.78 is 5.40. The van der Waals surface area contributed by atoms with Gasteiger partial charge in [0.25, 0.3) is 0 Å². The second-order valence-electron chi connectivity index (χ2n) is 3.31. The monoisotopic (exact) mass is 193 g/mol. The SMILES string of the molecule is O=C(O)C1CCOC1c1ccncc1. The molecule has 4 heteroatoms. The van der Waals surface area contributed by atoms with Crippen LogP contribution in [0.25, 0.3) is 0 Å². The zero-order chi connectivity index (χ0) is 9.97. The van der Waals surface area contributed by atoms with Crippen LogP contribution in [-0.4, -0.2) is 22.7 Å². The van der Waals surface area contributed by atoms with Crippen LogP contribution in [0.3, 0.4) is 0 Å². The Bertz CT molecular complexity index is 325. The van der Waals surface area contributed by atoms with Gasteiger partial charge in [-0.1, -0.05) is 0 Å². The van der Waals surface area contributed by atoms with Crippen molar-refractivity contribution < 1.29 is 14.6 Å². The molecule has 0 aromatic carbocycles. The van der Waals surface area contributed by atoms with Crippen LogP contribution in [0.4, 0.5) is 0 Å². The van der Waals surface area contributed by atoms with E-state index in [1.165, 1.54) is 0 Å². The highest BCUT2D eigenvalue weighted by Crippen LogP contribution is 2.34. The number of aromatic nitrogens is 1. The summed E-state index contributed by atoms with van der Waals surface area (Å²) in [4.78, 5) is 14.8. The first-order valence-corrected chi connectivity index (χ1v) is 4.53. The molecule has 1 aromatic heterocycles. The number of nitrogens with zero attached hydrogens (tertiary/aromatic N) is 1. The average molecular weight is 193 g/mol. The van der Waals surface area contributed by atoms with E-state index in [0.717, 1.165) is 5.56 Å². The quantitative estimate of drug-likeness (QED) is 0.767. The van der Waals surface area contributed by atoms with Gasteiger partial charge in [0, 0.05) is 19.0 Å². The molecule has 0 bridgehead atoms. The Labute approximate surface area is 81.5 Å². The molecule has 0 saturated carbocycles. The van der Waals surface area contributed by atoms with Gasteiger partial charge in [0.05, 0.1) is 12.0 Å². The van der Waals surface area contributed by atoms with Gasteiger partial charge < -0.3 is 9.84 Å². The largest absolute Gasteiger partial charge is 0.481 e. The van der Waals surface area contributed by atoms with Crippen molar-refractivity contribution >= 4 is 5.97 Å². The van der Waals surface area contributed by atoms with E-state index in [2.05, 4.69) is 4.98 Å². The summed E-state index contributed by atoms with van der Waals surface area (Å²) in [6.45, 7) is 0.518. The van der Waals surface area contributed by atoms with E-state index >= 15 is 0 Å². The van der Waals surface area contributed by atoms with Crippen LogP contribution in [0.5, 0.6) is 0 Å². The van der Waals surface area contributed by atoms with Crippen molar-refractivity contribution in [3.05, 3.63) is 30.1 Å². The van der Waals surface area contributed by atoms with Gasteiger partial charge in [0.1, 0.15) is 0 Å². The first-order valence-electron chi connectivity index (χ1n) is 4.53. The van der Waals surface area contributed by atoms with E-state index in [1.54, 1.807) is 24.5 Å². The Morgan fingerprint density at radius 2 is 2.21 bits per heavy atom. The number of hydrogen-bond donors (Lipinski definition) is 1. The molecule has 14 heavy (non-hydrogen) atoms. The van der Waals surface area contributed by atoms with Gasteiger partial charge in [-0.15, -0.1) is 0 Å². The Balaban J connectivity index is 2.22. The molecule has 1 aliphatic rings. The summed E-state index contributed by atoms with van der Waals surface area (Å²) in [7, 11) is 0. The number of carboxylic acids is 1. The molecule has 1 aromatic rings. The lowest BCUT2D eigenvalue weighted by atomic mass is 9.96. The first-order chi connectivity index (χ1) is 6.79. The summed E-state index contributed by atoms with van der Waals surface area (Å²) in [5.41, 5.74) is 0.893. The van der Waals surface area contributed by atoms with Crippen LogP contribution in [0.1, 0.15) is 18.1 Å². The summed E-state index contributed by atoms with van der Waals surface area (Å²) in [6, 6.07) is 3.60. The second-order valence-corrected chi connectivity index (χ2v) is 3.31. The minimum absolute atomic E-state index is 0.310. The Morgan fingerprint density at radius 1 is 1.50 bits per heavy atom. The van der Waals surface area contributed by atoms with Gasteiger partial charge in [-0.25, -0.2) is 0 Å². The Kier molecular flexibility index (Phi) is 2.45. The molecule has 1 N–H and O–H groups in total. The molecule has 74 valence electrons. The molecule has 1 aliphatic heterocycles. The molecule has 1 saturated heterocycles. The minimum Gasteiger partial charge on any atom is -0.481 e. The van der Waals surface area contributed by atoms with Crippen molar-refractivity contribution in [2.24, 2.45) is 5.92 Å². The van der Waals surface area contributed by atoms with Gasteiger partial charge in [0.15, 0.2) is 0 Å². The summed E-state index contributed by atoms with van der Waals surface area (Å²) in [5, 5.41) is 8.95. The number of aliphatic carboxylic acids is 1. The van der Waals surface area contributed by atoms with Crippen LogP contribution in [0, 0.1) is 5.92 Å². The topological polar surface area (TPSA) is 59.4 Å². The summed E-state index contributed by atoms with van der Waals surface area (Å²) in [5.74, 6) is -1.21. The molecule has 0 spiro atoms. The molecule has 0 aliphatic carbocycles. The van der Waals surface area contributed by atoms with Gasteiger partial charge >= 0.3 is 5.97 Å². The van der Waals surface area contributed by atoms with Crippen molar-refractivity contribution in [1.29, 1.82) is 0 Å². The normalized spacial score (nSPS) is 26.3. The number of ether oxygens (including phenoxy) is 1. The number of hydrogen-bond acceptors (Lipinski definition) is 3. The zero-order valence-electron chi connectivity index (χ0n) is 7.59. The lowest BCUT2D eigenvalue weighted by molar-refractivity contribution is -0.143. The van der Waals surface area contributed by atoms with Crippen LogP contribution >= 0.6 is 0 Å². The maximum absolute atomic E-state index is 10.9. The molecular formula is C10H11NO3. The number of rotatable bonds is 2. The maximum Gasteiger partial charge on any atom is 0.309 e. The molecule has 2 atom stereocenters. The van der Waals surface area contributed by atoms with Gasteiger partial charge in [0.2, 0.25) is 0 Å². The number of pyridine rings is 1. The van der Waals surface area contributed by atoms with E-state index in [9.17, 15) is 4.79 Å². The van der Waals surface area contributed by atoms with Crippen molar-refractivity contribution in [2.75, 3.05) is 6.61 Å². The highest BCUT2D eigenvalue weighted by Gasteiger charge is 2.34. The lowest BCUT2D eigenvalue weighted by Gasteiger charge is -2.14. The third-order valence-corrected chi connectivity index (χ3v) is 2.44. The Morgan fingerprint density at radius 3 is 2.86 bits per heavy atom. The highest BCUT2D eigenvalue weighted by molar-refractivity contribution is 5.71. The van der Waals surface area contributed by atoms with Crippen LogP contribution in [0.2, 0.25) is 0 Å². The van der Waals surface area contributed by atoms with Crippen molar-refractivity contribution in [2.45, 2.75) is 12.5 Å². The van der Waals surface area contributed by atoms with Gasteiger partial charge in [-0.2, -0.15) is 0 Å². The fourth-order valence-electron chi connectivity index (χ4n) is 1.72. The molecule has 2 unspecified atom stereocenters. The van der Waals surface area contributed by atoms with E-state index < -0.39 is 11.9 Å². The lowest BCUT2D eigenvalue weighted by Crippen LogP contribution is -2.17. The molecule has 4 nitrogen and oxygen atoms in total. The Hall–Kier alpha value is -1.42. The van der Waals surface area contributed by atoms with Crippen molar-refractivity contribution in [3.8, 4) is 0 Å². The summed E-state index contributed by atoms with van der Waals surface area (Å²) >= 11 is 0. The molecule has 2 heterocycles. The smallest absolute Gasteiger partial charge is 0.309 e. The number of carboxylic acid groups (broad SMARTS) is 1. The average Bonchev–Trinajstić information content (AvgIpc) is 2.67. The van der Waals surface area contributed by atoms with Gasteiger partial charge in [-0.3, -0.25) is 9.78 Å². The minimum atomic E-state index is -0.788. The molecule has 2 rings (SSSR count). The standard InChI is InChI=1S/C10H11NO3/c12-10(13)8-3-6-14-9(8)7-1-4-11-5-2-7/h1-2,4-5,8-9H,3,6H2,(H,12,13). The van der Waals surface area contributed by atoms with Gasteiger partial charge in [-0.05, 0) is 24.1 Å². The van der Waals surface area contributed by atoms with Crippen LogP contribution < -0.4 is 0 Å². The van der Waals surface area contributed by atoms with E-state index in [-0.39, 0.29) is 6.10 Å². The maximum atomic E-state index is 10.9. The van der Waals surface area contributed by atoms with E-state index in [4.69, 9.17) is 9.84 Å². The predicted molar refractivity (Wildman–Crippen MR) is 48.7 cm³/mol. The van der Waals surface area contributed by atoms with Crippen molar-refractivity contribution in [3.63, 3.8) is 0 Å². The highest BCUT2D eigenvalue weighted by atomic mass is 16.5. The number of carbonyl (C=O) groups is 1.